The molecule has 0 bridgehead atoms. The number of thiophene rings is 1. The highest BCUT2D eigenvalue weighted by atomic mass is 35.5. The number of amides is 1. The van der Waals surface area contributed by atoms with Gasteiger partial charge in [-0.1, -0.05) is 12.1 Å². The standard InChI is InChI=1S/C17H18N2O2S.ClH/c18-13(10-5-6-10)8-19-17(20)15-7-11-9-21-14-4-2-1-3-12(14)16(11)22-15;/h1-4,7,10,13H,5-6,8-9,18H2,(H,19,20);1H. The monoisotopic (exact) mass is 350 g/mol. The van der Waals surface area contributed by atoms with Gasteiger partial charge in [-0.15, -0.1) is 23.7 Å². The smallest absolute Gasteiger partial charge is 0.261 e. The third-order valence-corrected chi connectivity index (χ3v) is 5.48. The van der Waals surface area contributed by atoms with Gasteiger partial charge < -0.3 is 15.8 Å². The zero-order chi connectivity index (χ0) is 15.1. The van der Waals surface area contributed by atoms with Gasteiger partial charge in [0, 0.05) is 28.6 Å². The predicted molar refractivity (Wildman–Crippen MR) is 94.4 cm³/mol. The Labute approximate surface area is 145 Å². The molecule has 6 heteroatoms. The van der Waals surface area contributed by atoms with Crippen LogP contribution in [-0.4, -0.2) is 18.5 Å². The second-order valence-electron chi connectivity index (χ2n) is 5.96. The lowest BCUT2D eigenvalue weighted by molar-refractivity contribution is 0.0954. The Bertz CT molecular complexity index is 727. The fraction of sp³-hybridized carbons (Fsp3) is 0.353. The summed E-state index contributed by atoms with van der Waals surface area (Å²) in [6.45, 7) is 1.08. The van der Waals surface area contributed by atoms with Crippen LogP contribution < -0.4 is 15.8 Å². The number of rotatable bonds is 4. The Kier molecular flexibility index (Phi) is 4.62. The molecule has 0 radical (unpaired) electrons. The topological polar surface area (TPSA) is 64.3 Å². The van der Waals surface area contributed by atoms with Gasteiger partial charge in [0.05, 0.1) is 4.88 Å². The second kappa shape index (κ2) is 6.51. The molecule has 3 N–H and O–H groups in total. The molecule has 23 heavy (non-hydrogen) atoms. The van der Waals surface area contributed by atoms with Crippen molar-refractivity contribution in [2.24, 2.45) is 11.7 Å². The van der Waals surface area contributed by atoms with E-state index >= 15 is 0 Å². The van der Waals surface area contributed by atoms with Gasteiger partial charge in [0.25, 0.3) is 5.91 Å². The van der Waals surface area contributed by atoms with Crippen LogP contribution in [-0.2, 0) is 6.61 Å². The van der Waals surface area contributed by atoms with E-state index in [0.29, 0.717) is 19.1 Å². The van der Waals surface area contributed by atoms with Crippen molar-refractivity contribution in [2.75, 3.05) is 6.54 Å². The van der Waals surface area contributed by atoms with Gasteiger partial charge in [-0.2, -0.15) is 0 Å². The molecule has 2 aliphatic rings. The highest BCUT2D eigenvalue weighted by molar-refractivity contribution is 7.17. The first kappa shape index (κ1) is 16.3. The van der Waals surface area contributed by atoms with Crippen molar-refractivity contribution in [3.63, 3.8) is 0 Å². The zero-order valence-electron chi connectivity index (χ0n) is 12.6. The molecule has 2 aromatic rings. The molecule has 2 heterocycles. The van der Waals surface area contributed by atoms with Crippen LogP contribution in [0, 0.1) is 5.92 Å². The van der Waals surface area contributed by atoms with Gasteiger partial charge in [-0.3, -0.25) is 4.79 Å². The van der Waals surface area contributed by atoms with Gasteiger partial charge in [0.15, 0.2) is 0 Å². The van der Waals surface area contributed by atoms with Crippen molar-refractivity contribution in [1.29, 1.82) is 0 Å². The highest BCUT2D eigenvalue weighted by Crippen LogP contribution is 2.42. The third-order valence-electron chi connectivity index (χ3n) is 4.27. The van der Waals surface area contributed by atoms with E-state index in [-0.39, 0.29) is 24.4 Å². The summed E-state index contributed by atoms with van der Waals surface area (Å²) in [5.74, 6) is 1.45. The molecular weight excluding hydrogens is 332 g/mol. The second-order valence-corrected chi connectivity index (χ2v) is 7.01. The molecular formula is C17H19ClN2O2S. The summed E-state index contributed by atoms with van der Waals surface area (Å²) in [4.78, 5) is 14.2. The molecule has 0 spiro atoms. The minimum Gasteiger partial charge on any atom is -0.488 e. The fourth-order valence-corrected chi connectivity index (χ4v) is 3.91. The van der Waals surface area contributed by atoms with Crippen molar-refractivity contribution < 1.29 is 9.53 Å². The minimum absolute atomic E-state index is 0. The maximum absolute atomic E-state index is 12.3. The van der Waals surface area contributed by atoms with Crippen molar-refractivity contribution in [3.8, 4) is 16.2 Å². The molecule has 4 nitrogen and oxygen atoms in total. The van der Waals surface area contributed by atoms with Crippen LogP contribution in [0.2, 0.25) is 0 Å². The molecule has 1 atom stereocenters. The average molecular weight is 351 g/mol. The summed E-state index contributed by atoms with van der Waals surface area (Å²) in [5.41, 5.74) is 8.19. The lowest BCUT2D eigenvalue weighted by Crippen LogP contribution is -2.38. The third kappa shape index (κ3) is 3.22. The number of hydrogen-bond acceptors (Lipinski definition) is 4. The van der Waals surface area contributed by atoms with Crippen molar-refractivity contribution in [2.45, 2.75) is 25.5 Å². The maximum Gasteiger partial charge on any atom is 0.261 e. The maximum atomic E-state index is 12.3. The van der Waals surface area contributed by atoms with Crippen molar-refractivity contribution in [1.82, 2.24) is 5.32 Å². The minimum atomic E-state index is -0.0343. The highest BCUT2D eigenvalue weighted by Gasteiger charge is 2.29. The van der Waals surface area contributed by atoms with Crippen LogP contribution in [0.15, 0.2) is 30.3 Å². The predicted octanol–water partition coefficient (Wildman–Crippen LogP) is 3.20. The van der Waals surface area contributed by atoms with Gasteiger partial charge in [0.1, 0.15) is 12.4 Å². The zero-order valence-corrected chi connectivity index (χ0v) is 14.2. The Morgan fingerprint density at radius 3 is 2.96 bits per heavy atom. The molecule has 1 aliphatic carbocycles. The van der Waals surface area contributed by atoms with E-state index < -0.39 is 0 Å². The largest absolute Gasteiger partial charge is 0.488 e. The van der Waals surface area contributed by atoms with Crippen molar-refractivity contribution in [3.05, 3.63) is 40.8 Å². The van der Waals surface area contributed by atoms with E-state index in [1.807, 2.05) is 30.3 Å². The van der Waals surface area contributed by atoms with Crippen LogP contribution in [0.5, 0.6) is 5.75 Å². The van der Waals surface area contributed by atoms with Crippen LogP contribution >= 0.6 is 23.7 Å². The van der Waals surface area contributed by atoms with Gasteiger partial charge in [-0.25, -0.2) is 0 Å². The van der Waals surface area contributed by atoms with Crippen LogP contribution in [0.1, 0.15) is 28.1 Å². The van der Waals surface area contributed by atoms with E-state index in [0.717, 1.165) is 26.6 Å². The summed E-state index contributed by atoms with van der Waals surface area (Å²) in [5, 5.41) is 2.96. The van der Waals surface area contributed by atoms with Gasteiger partial charge >= 0.3 is 0 Å². The number of carbonyl (C=O) groups is 1. The van der Waals surface area contributed by atoms with Gasteiger partial charge in [0.2, 0.25) is 0 Å². The van der Waals surface area contributed by atoms with Crippen molar-refractivity contribution >= 4 is 29.7 Å². The number of nitrogens with one attached hydrogen (secondary N) is 1. The summed E-state index contributed by atoms with van der Waals surface area (Å²) < 4.78 is 5.74. The molecule has 122 valence electrons. The van der Waals surface area contributed by atoms with Gasteiger partial charge in [-0.05, 0) is 37.0 Å². The van der Waals surface area contributed by atoms with Crippen LogP contribution in [0.4, 0.5) is 0 Å². The number of carbonyl (C=O) groups excluding carboxylic acids is 1. The number of para-hydroxylation sites is 1. The van der Waals surface area contributed by atoms with E-state index in [9.17, 15) is 4.79 Å². The number of benzene rings is 1. The fourth-order valence-electron chi connectivity index (χ4n) is 2.80. The number of nitrogens with two attached hydrogens (primary N) is 1. The Hall–Kier alpha value is -1.56. The number of hydrogen-bond donors (Lipinski definition) is 2. The molecule has 1 fully saturated rings. The Morgan fingerprint density at radius 2 is 2.17 bits per heavy atom. The molecule has 1 amide bonds. The molecule has 1 aliphatic heterocycles. The van der Waals surface area contributed by atoms with Crippen LogP contribution in [0.3, 0.4) is 0 Å². The first-order valence-corrected chi connectivity index (χ1v) is 8.42. The Morgan fingerprint density at radius 1 is 1.39 bits per heavy atom. The van der Waals surface area contributed by atoms with E-state index in [4.69, 9.17) is 10.5 Å². The lowest BCUT2D eigenvalue weighted by Gasteiger charge is -2.16. The lowest BCUT2D eigenvalue weighted by atomic mass is 10.1. The Balaban J connectivity index is 0.00000156. The molecule has 0 saturated heterocycles. The number of fused-ring (bicyclic) bond motifs is 3. The normalized spacial score (nSPS) is 16.4. The quantitative estimate of drug-likeness (QED) is 0.890. The van der Waals surface area contributed by atoms with Crippen LogP contribution in [0.25, 0.3) is 10.4 Å². The molecule has 1 unspecified atom stereocenters. The first-order chi connectivity index (χ1) is 10.7. The molecule has 1 saturated carbocycles. The number of halogens is 1. The molecule has 1 aromatic carbocycles. The summed E-state index contributed by atoms with van der Waals surface area (Å²) in [7, 11) is 0. The molecule has 4 rings (SSSR count). The summed E-state index contributed by atoms with van der Waals surface area (Å²) in [6, 6.07) is 9.98. The SMILES string of the molecule is Cl.NC(CNC(=O)c1cc2c(s1)-c1ccccc1OC2)C1CC1. The van der Waals surface area contributed by atoms with E-state index in [1.165, 1.54) is 24.2 Å². The van der Waals surface area contributed by atoms with E-state index in [1.54, 1.807) is 0 Å². The summed E-state index contributed by atoms with van der Waals surface area (Å²) >= 11 is 1.53. The number of ether oxygens (including phenoxy) is 1. The first-order valence-electron chi connectivity index (χ1n) is 7.61. The van der Waals surface area contributed by atoms with E-state index in [2.05, 4.69) is 5.32 Å². The summed E-state index contributed by atoms with van der Waals surface area (Å²) in [6.07, 6.45) is 2.39. The average Bonchev–Trinajstić information content (AvgIpc) is 3.30. The molecule has 1 aromatic heterocycles.